The summed E-state index contributed by atoms with van der Waals surface area (Å²) in [6.45, 7) is 4.06. The van der Waals surface area contributed by atoms with Crippen LogP contribution in [0.4, 0.5) is 0 Å². The van der Waals surface area contributed by atoms with Gasteiger partial charge in [0.25, 0.3) is 0 Å². The number of nitrogens with one attached hydrogen (secondary N) is 1. The van der Waals surface area contributed by atoms with E-state index < -0.39 is 5.54 Å². The molecule has 1 amide bonds. The van der Waals surface area contributed by atoms with Gasteiger partial charge >= 0.3 is 0 Å². The summed E-state index contributed by atoms with van der Waals surface area (Å²) >= 11 is 0. The lowest BCUT2D eigenvalue weighted by Crippen LogP contribution is -2.48. The molecule has 2 aromatic rings. The zero-order valence-electron chi connectivity index (χ0n) is 11.8. The van der Waals surface area contributed by atoms with Crippen molar-refractivity contribution in [2.45, 2.75) is 25.9 Å². The molecule has 0 saturated carbocycles. The van der Waals surface area contributed by atoms with E-state index in [1.165, 1.54) is 0 Å². The first-order valence-corrected chi connectivity index (χ1v) is 6.54. The second kappa shape index (κ2) is 5.84. The predicted molar refractivity (Wildman–Crippen MR) is 78.8 cm³/mol. The van der Waals surface area contributed by atoms with Gasteiger partial charge in [-0.2, -0.15) is 0 Å². The minimum atomic E-state index is -1.04. The van der Waals surface area contributed by atoms with Crippen LogP contribution in [-0.2, 0) is 16.9 Å². The van der Waals surface area contributed by atoms with Crippen LogP contribution in [0, 0.1) is 6.92 Å². The highest BCUT2D eigenvalue weighted by atomic mass is 16.2. The predicted octanol–water partition coefficient (Wildman–Crippen LogP) is 1.88. The second-order valence-corrected chi connectivity index (χ2v) is 5.06. The molecule has 0 bridgehead atoms. The zero-order chi connectivity index (χ0) is 14.6. The lowest BCUT2D eigenvalue weighted by atomic mass is 9.92. The Balaban J connectivity index is 2.03. The van der Waals surface area contributed by atoms with E-state index in [1.54, 1.807) is 13.1 Å². The molecule has 1 heterocycles. The summed E-state index contributed by atoms with van der Waals surface area (Å²) in [5, 5.41) is 2.85. The van der Waals surface area contributed by atoms with E-state index in [0.717, 1.165) is 16.8 Å². The van der Waals surface area contributed by atoms with Crippen LogP contribution in [0.1, 0.15) is 23.7 Å². The van der Waals surface area contributed by atoms with Gasteiger partial charge in [-0.05, 0) is 31.0 Å². The van der Waals surface area contributed by atoms with Gasteiger partial charge in [0.05, 0.1) is 0 Å². The molecule has 2 rings (SSSR count). The Morgan fingerprint density at radius 1 is 1.25 bits per heavy atom. The quantitative estimate of drug-likeness (QED) is 0.890. The number of nitrogens with zero attached hydrogens (tertiary/aromatic N) is 1. The standard InChI is InChI=1S/C16H19N3O/c1-12-8-9-13(10-18-12)11-19-15(20)16(2,17)14-6-4-3-5-7-14/h3-10H,11,17H2,1-2H3,(H,19,20). The Hall–Kier alpha value is -2.20. The molecular weight excluding hydrogens is 250 g/mol. The van der Waals surface area contributed by atoms with Crippen LogP contribution in [0.25, 0.3) is 0 Å². The molecule has 0 aliphatic rings. The van der Waals surface area contributed by atoms with E-state index in [-0.39, 0.29) is 5.91 Å². The minimum absolute atomic E-state index is 0.204. The Morgan fingerprint density at radius 3 is 2.55 bits per heavy atom. The molecule has 1 atom stereocenters. The monoisotopic (exact) mass is 269 g/mol. The lowest BCUT2D eigenvalue weighted by Gasteiger charge is -2.24. The molecule has 0 aliphatic carbocycles. The van der Waals surface area contributed by atoms with Gasteiger partial charge in [0.15, 0.2) is 0 Å². The van der Waals surface area contributed by atoms with Crippen molar-refractivity contribution in [2.24, 2.45) is 5.73 Å². The van der Waals surface area contributed by atoms with Crippen LogP contribution in [0.15, 0.2) is 48.7 Å². The number of rotatable bonds is 4. The summed E-state index contributed by atoms with van der Waals surface area (Å²) in [4.78, 5) is 16.4. The van der Waals surface area contributed by atoms with Gasteiger partial charge in [-0.25, -0.2) is 0 Å². The molecule has 0 aliphatic heterocycles. The first-order valence-electron chi connectivity index (χ1n) is 6.54. The van der Waals surface area contributed by atoms with Crippen molar-refractivity contribution in [3.05, 3.63) is 65.5 Å². The third-order valence-electron chi connectivity index (χ3n) is 3.27. The number of carbonyl (C=O) groups excluding carboxylic acids is 1. The fraction of sp³-hybridized carbons (Fsp3) is 0.250. The fourth-order valence-corrected chi connectivity index (χ4v) is 1.88. The highest BCUT2D eigenvalue weighted by molar-refractivity contribution is 5.86. The number of carbonyl (C=O) groups is 1. The summed E-state index contributed by atoms with van der Waals surface area (Å²) in [5.74, 6) is -0.204. The summed E-state index contributed by atoms with van der Waals surface area (Å²) in [6, 6.07) is 13.2. The number of aryl methyl sites for hydroxylation is 1. The topological polar surface area (TPSA) is 68.0 Å². The van der Waals surface area contributed by atoms with Gasteiger partial charge in [-0.15, -0.1) is 0 Å². The van der Waals surface area contributed by atoms with Gasteiger partial charge in [0.1, 0.15) is 5.54 Å². The summed E-state index contributed by atoms with van der Waals surface area (Å²) in [6.07, 6.45) is 1.76. The van der Waals surface area contributed by atoms with Crippen LogP contribution in [-0.4, -0.2) is 10.9 Å². The number of hydrogen-bond acceptors (Lipinski definition) is 3. The van der Waals surface area contributed by atoms with E-state index in [4.69, 9.17) is 5.73 Å². The molecule has 4 heteroatoms. The molecule has 4 nitrogen and oxygen atoms in total. The summed E-state index contributed by atoms with van der Waals surface area (Å²) in [7, 11) is 0. The molecule has 20 heavy (non-hydrogen) atoms. The minimum Gasteiger partial charge on any atom is -0.350 e. The van der Waals surface area contributed by atoms with E-state index in [0.29, 0.717) is 6.54 Å². The SMILES string of the molecule is Cc1ccc(CNC(=O)C(C)(N)c2ccccc2)cn1. The van der Waals surface area contributed by atoms with Gasteiger partial charge in [0.2, 0.25) is 5.91 Å². The zero-order valence-corrected chi connectivity index (χ0v) is 11.8. The third-order valence-corrected chi connectivity index (χ3v) is 3.27. The van der Waals surface area contributed by atoms with Crippen molar-refractivity contribution in [1.29, 1.82) is 0 Å². The number of benzene rings is 1. The molecule has 104 valence electrons. The number of amides is 1. The Labute approximate surface area is 119 Å². The highest BCUT2D eigenvalue weighted by Crippen LogP contribution is 2.17. The maximum atomic E-state index is 12.2. The number of aromatic nitrogens is 1. The number of pyridine rings is 1. The molecule has 1 aromatic heterocycles. The second-order valence-electron chi connectivity index (χ2n) is 5.06. The van der Waals surface area contributed by atoms with E-state index in [9.17, 15) is 4.79 Å². The molecule has 0 saturated heterocycles. The average Bonchev–Trinajstić information content (AvgIpc) is 2.47. The first kappa shape index (κ1) is 14.2. The van der Waals surface area contributed by atoms with Crippen LogP contribution in [0.5, 0.6) is 0 Å². The molecule has 3 N–H and O–H groups in total. The van der Waals surface area contributed by atoms with Crippen molar-refractivity contribution >= 4 is 5.91 Å². The number of hydrogen-bond donors (Lipinski definition) is 2. The third kappa shape index (κ3) is 3.22. The molecule has 0 radical (unpaired) electrons. The van der Waals surface area contributed by atoms with Crippen molar-refractivity contribution in [3.63, 3.8) is 0 Å². The summed E-state index contributed by atoms with van der Waals surface area (Å²) < 4.78 is 0. The van der Waals surface area contributed by atoms with Crippen LogP contribution in [0.3, 0.4) is 0 Å². The maximum absolute atomic E-state index is 12.2. The number of nitrogens with two attached hydrogens (primary N) is 1. The highest BCUT2D eigenvalue weighted by Gasteiger charge is 2.29. The Kier molecular flexibility index (Phi) is 4.15. The van der Waals surface area contributed by atoms with Crippen molar-refractivity contribution in [3.8, 4) is 0 Å². The van der Waals surface area contributed by atoms with Crippen molar-refractivity contribution in [1.82, 2.24) is 10.3 Å². The van der Waals surface area contributed by atoms with Gasteiger partial charge in [-0.3, -0.25) is 9.78 Å². The molecule has 0 fully saturated rings. The Morgan fingerprint density at radius 2 is 1.95 bits per heavy atom. The van der Waals surface area contributed by atoms with E-state index in [2.05, 4.69) is 10.3 Å². The smallest absolute Gasteiger partial charge is 0.244 e. The molecule has 1 unspecified atom stereocenters. The van der Waals surface area contributed by atoms with Crippen LogP contribution >= 0.6 is 0 Å². The lowest BCUT2D eigenvalue weighted by molar-refractivity contribution is -0.126. The largest absolute Gasteiger partial charge is 0.350 e. The van der Waals surface area contributed by atoms with E-state index >= 15 is 0 Å². The van der Waals surface area contributed by atoms with Crippen LogP contribution in [0.2, 0.25) is 0 Å². The molecular formula is C16H19N3O. The Bertz CT molecular complexity index is 576. The average molecular weight is 269 g/mol. The van der Waals surface area contributed by atoms with Gasteiger partial charge < -0.3 is 11.1 Å². The summed E-state index contributed by atoms with van der Waals surface area (Å²) in [5.41, 5.74) is 7.79. The fourth-order valence-electron chi connectivity index (χ4n) is 1.88. The molecule has 1 aromatic carbocycles. The molecule has 0 spiro atoms. The van der Waals surface area contributed by atoms with Gasteiger partial charge in [-0.1, -0.05) is 36.4 Å². The van der Waals surface area contributed by atoms with Crippen LogP contribution < -0.4 is 11.1 Å². The first-order chi connectivity index (χ1) is 9.50. The van der Waals surface area contributed by atoms with E-state index in [1.807, 2.05) is 49.4 Å². The van der Waals surface area contributed by atoms with Crippen molar-refractivity contribution in [2.75, 3.05) is 0 Å². The van der Waals surface area contributed by atoms with Gasteiger partial charge in [0, 0.05) is 18.4 Å². The normalized spacial score (nSPS) is 13.6. The van der Waals surface area contributed by atoms with Crippen molar-refractivity contribution < 1.29 is 4.79 Å². The maximum Gasteiger partial charge on any atom is 0.244 e.